The molecular formula is C15H20N5O7P. The van der Waals surface area contributed by atoms with Crippen molar-refractivity contribution in [2.24, 2.45) is 0 Å². The second kappa shape index (κ2) is 6.46. The molecule has 12 nitrogen and oxygen atoms in total. The number of imidazole rings is 1. The molecule has 0 bridgehead atoms. The maximum absolute atomic E-state index is 12.5. The van der Waals surface area contributed by atoms with Crippen LogP contribution in [0.15, 0.2) is 6.33 Å². The number of nitrogen functional groups attached to an aromatic ring is 1. The Morgan fingerprint density at radius 1 is 1.46 bits per heavy atom. The molecule has 2 N–H and O–H groups in total. The standard InChI is InChI=1S/C15H20N5O7P/c1-7-10-12(19-14(16)18-7)20(6-17-10)13-15(3,26-8(2)21)11-9(25-13)5-24-28(22,23-4)27-11/h6,9,11,13H,5H2,1-4H3,(H2,16,18,19)/t9-,11-,13-,15-,28?/m1/s1. The van der Waals surface area contributed by atoms with Gasteiger partial charge in [-0.05, 0) is 13.8 Å². The van der Waals surface area contributed by atoms with Crippen LogP contribution in [0.4, 0.5) is 5.95 Å². The predicted molar refractivity (Wildman–Crippen MR) is 94.0 cm³/mol. The SMILES string of the molecule is COP1(=O)OC[C@H]2O[C@@H](n3cnc4c(C)nc(N)nc43)[C@](C)(OC(C)=O)[C@@H]2O1. The Hall–Kier alpha value is -2.11. The molecule has 1 unspecified atom stereocenters. The molecule has 2 aromatic heterocycles. The first kappa shape index (κ1) is 19.2. The summed E-state index contributed by atoms with van der Waals surface area (Å²) in [4.78, 5) is 24.5. The summed E-state index contributed by atoms with van der Waals surface area (Å²) >= 11 is 0. The van der Waals surface area contributed by atoms with Gasteiger partial charge >= 0.3 is 13.8 Å². The van der Waals surface area contributed by atoms with Gasteiger partial charge in [-0.2, -0.15) is 4.98 Å². The average Bonchev–Trinajstić information content (AvgIpc) is 3.14. The van der Waals surface area contributed by atoms with Crippen molar-refractivity contribution in [2.45, 2.75) is 44.8 Å². The minimum absolute atomic E-state index is 0.0636. The summed E-state index contributed by atoms with van der Waals surface area (Å²) < 4.78 is 41.4. The first-order valence-electron chi connectivity index (χ1n) is 8.47. The molecule has 5 atom stereocenters. The topological polar surface area (TPSA) is 150 Å². The molecule has 0 aliphatic carbocycles. The van der Waals surface area contributed by atoms with Crippen LogP contribution in [0.3, 0.4) is 0 Å². The fraction of sp³-hybridized carbons (Fsp3) is 0.600. The number of aryl methyl sites for hydroxylation is 1. The smallest absolute Gasteiger partial charge is 0.452 e. The number of rotatable bonds is 3. The summed E-state index contributed by atoms with van der Waals surface area (Å²) in [7, 11) is -2.58. The van der Waals surface area contributed by atoms with Gasteiger partial charge in [0.05, 0.1) is 18.6 Å². The average molecular weight is 413 g/mol. The van der Waals surface area contributed by atoms with Gasteiger partial charge in [0.1, 0.15) is 17.7 Å². The summed E-state index contributed by atoms with van der Waals surface area (Å²) in [5, 5.41) is 0. The molecule has 2 fully saturated rings. The van der Waals surface area contributed by atoms with Crippen molar-refractivity contribution >= 4 is 30.9 Å². The fourth-order valence-corrected chi connectivity index (χ4v) is 4.83. The molecule has 152 valence electrons. The Bertz CT molecular complexity index is 997. The molecule has 28 heavy (non-hydrogen) atoms. The largest absolute Gasteiger partial charge is 0.475 e. The molecule has 2 saturated heterocycles. The van der Waals surface area contributed by atoms with E-state index in [0.717, 1.165) is 0 Å². The number of phosphoric ester groups is 1. The van der Waals surface area contributed by atoms with E-state index in [1.807, 2.05) is 0 Å². The van der Waals surface area contributed by atoms with E-state index in [-0.39, 0.29) is 12.6 Å². The number of nitrogens with two attached hydrogens (primary N) is 1. The number of hydrogen-bond acceptors (Lipinski definition) is 11. The van der Waals surface area contributed by atoms with Gasteiger partial charge in [-0.1, -0.05) is 0 Å². The van der Waals surface area contributed by atoms with Crippen LogP contribution in [-0.2, 0) is 32.4 Å². The van der Waals surface area contributed by atoms with Crippen LogP contribution in [0.5, 0.6) is 0 Å². The van der Waals surface area contributed by atoms with Crippen LogP contribution in [0.2, 0.25) is 0 Å². The van der Waals surface area contributed by atoms with Gasteiger partial charge in [0, 0.05) is 14.0 Å². The Labute approximate surface area is 159 Å². The van der Waals surface area contributed by atoms with E-state index in [2.05, 4.69) is 15.0 Å². The molecule has 2 aliphatic rings. The minimum Gasteiger partial charge on any atom is -0.452 e. The third-order valence-electron chi connectivity index (χ3n) is 4.79. The number of ether oxygens (including phenoxy) is 2. The van der Waals surface area contributed by atoms with E-state index < -0.39 is 37.8 Å². The summed E-state index contributed by atoms with van der Waals surface area (Å²) in [6, 6.07) is 0. The summed E-state index contributed by atoms with van der Waals surface area (Å²) in [6.45, 7) is 4.58. The van der Waals surface area contributed by atoms with Crippen molar-refractivity contribution in [2.75, 3.05) is 19.5 Å². The van der Waals surface area contributed by atoms with E-state index in [1.54, 1.807) is 18.4 Å². The van der Waals surface area contributed by atoms with E-state index in [0.29, 0.717) is 16.9 Å². The van der Waals surface area contributed by atoms with Crippen molar-refractivity contribution in [1.29, 1.82) is 0 Å². The summed E-state index contributed by atoms with van der Waals surface area (Å²) in [6.07, 6.45) is -0.966. The maximum atomic E-state index is 12.5. The van der Waals surface area contributed by atoms with Gasteiger partial charge in [-0.3, -0.25) is 22.9 Å². The van der Waals surface area contributed by atoms with Crippen LogP contribution in [-0.4, -0.2) is 57.0 Å². The highest BCUT2D eigenvalue weighted by atomic mass is 31.2. The van der Waals surface area contributed by atoms with E-state index in [9.17, 15) is 9.36 Å². The van der Waals surface area contributed by atoms with Gasteiger partial charge in [-0.15, -0.1) is 0 Å². The van der Waals surface area contributed by atoms with Crippen molar-refractivity contribution in [3.63, 3.8) is 0 Å². The lowest BCUT2D eigenvalue weighted by atomic mass is 9.96. The number of fused-ring (bicyclic) bond motifs is 2. The molecule has 2 aromatic rings. The molecule has 0 amide bonds. The molecule has 0 saturated carbocycles. The van der Waals surface area contributed by atoms with E-state index >= 15 is 0 Å². The Balaban J connectivity index is 1.83. The normalized spacial score (nSPS) is 35.1. The van der Waals surface area contributed by atoms with Crippen molar-refractivity contribution in [3.8, 4) is 0 Å². The van der Waals surface area contributed by atoms with Crippen LogP contribution in [0, 0.1) is 6.92 Å². The number of aromatic nitrogens is 4. The number of phosphoric acid groups is 1. The van der Waals surface area contributed by atoms with Crippen molar-refractivity contribution < 1.29 is 32.4 Å². The van der Waals surface area contributed by atoms with Crippen molar-refractivity contribution in [1.82, 2.24) is 19.5 Å². The number of hydrogen-bond donors (Lipinski definition) is 1. The van der Waals surface area contributed by atoms with Gasteiger partial charge in [-0.25, -0.2) is 14.5 Å². The predicted octanol–water partition coefficient (Wildman–Crippen LogP) is 1.11. The first-order chi connectivity index (χ1) is 13.2. The van der Waals surface area contributed by atoms with Gasteiger partial charge in [0.15, 0.2) is 17.5 Å². The molecular weight excluding hydrogens is 393 g/mol. The highest BCUT2D eigenvalue weighted by Crippen LogP contribution is 2.59. The molecule has 0 spiro atoms. The van der Waals surface area contributed by atoms with E-state index in [1.165, 1.54) is 20.4 Å². The molecule has 4 rings (SSSR count). The Kier molecular flexibility index (Phi) is 4.43. The lowest BCUT2D eigenvalue weighted by Gasteiger charge is -2.37. The Morgan fingerprint density at radius 3 is 2.89 bits per heavy atom. The zero-order valence-corrected chi connectivity index (χ0v) is 16.6. The molecule has 2 aliphatic heterocycles. The highest BCUT2D eigenvalue weighted by molar-refractivity contribution is 7.48. The summed E-state index contributed by atoms with van der Waals surface area (Å²) in [5.41, 5.74) is 5.94. The number of esters is 1. The van der Waals surface area contributed by atoms with Gasteiger partial charge in [0.2, 0.25) is 5.95 Å². The van der Waals surface area contributed by atoms with Gasteiger partial charge in [0.25, 0.3) is 0 Å². The second-order valence-corrected chi connectivity index (χ2v) is 8.48. The Morgan fingerprint density at radius 2 is 2.21 bits per heavy atom. The molecule has 4 heterocycles. The van der Waals surface area contributed by atoms with Crippen LogP contribution in [0.1, 0.15) is 25.8 Å². The molecule has 0 aromatic carbocycles. The highest BCUT2D eigenvalue weighted by Gasteiger charge is 2.63. The number of nitrogens with zero attached hydrogens (tertiary/aromatic N) is 4. The fourth-order valence-electron chi connectivity index (χ4n) is 3.62. The molecule has 13 heteroatoms. The summed E-state index contributed by atoms with van der Waals surface area (Å²) in [5.74, 6) is -0.492. The third-order valence-corrected chi connectivity index (χ3v) is 6.19. The van der Waals surface area contributed by atoms with Crippen LogP contribution < -0.4 is 5.73 Å². The zero-order valence-electron chi connectivity index (χ0n) is 15.7. The van der Waals surface area contributed by atoms with Crippen LogP contribution >= 0.6 is 7.82 Å². The number of anilines is 1. The molecule has 0 radical (unpaired) electrons. The monoisotopic (exact) mass is 413 g/mol. The lowest BCUT2D eigenvalue weighted by Crippen LogP contribution is -2.50. The minimum atomic E-state index is -3.80. The lowest BCUT2D eigenvalue weighted by molar-refractivity contribution is -0.175. The first-order valence-corrected chi connectivity index (χ1v) is 9.93. The zero-order chi connectivity index (χ0) is 20.3. The van der Waals surface area contributed by atoms with Crippen LogP contribution in [0.25, 0.3) is 11.2 Å². The second-order valence-electron chi connectivity index (χ2n) is 6.75. The van der Waals surface area contributed by atoms with Crippen molar-refractivity contribution in [3.05, 3.63) is 12.0 Å². The number of carbonyl (C=O) groups excluding carboxylic acids is 1. The van der Waals surface area contributed by atoms with E-state index in [4.69, 9.17) is 28.8 Å². The number of carbonyl (C=O) groups is 1. The quantitative estimate of drug-likeness (QED) is 0.569. The third kappa shape index (κ3) is 2.88. The van der Waals surface area contributed by atoms with Gasteiger partial charge < -0.3 is 15.2 Å². The maximum Gasteiger partial charge on any atom is 0.475 e.